The van der Waals surface area contributed by atoms with Crippen LogP contribution in [0.15, 0.2) is 82.4 Å². The van der Waals surface area contributed by atoms with E-state index in [1.54, 1.807) is 24.3 Å². The van der Waals surface area contributed by atoms with Crippen molar-refractivity contribution in [1.82, 2.24) is 10.7 Å². The second-order valence-corrected chi connectivity index (χ2v) is 7.81. The highest BCUT2D eigenvalue weighted by molar-refractivity contribution is 9.10. The predicted octanol–water partition coefficient (Wildman–Crippen LogP) is 4.31. The highest BCUT2D eigenvalue weighted by atomic mass is 79.9. The van der Waals surface area contributed by atoms with Gasteiger partial charge in [-0.1, -0.05) is 46.3 Å². The van der Waals surface area contributed by atoms with Gasteiger partial charge in [-0.25, -0.2) is 5.43 Å². The summed E-state index contributed by atoms with van der Waals surface area (Å²) in [5.74, 6) is 0.498. The number of hydrogen-bond acceptors (Lipinski definition) is 5. The molecule has 0 fully saturated rings. The van der Waals surface area contributed by atoms with Gasteiger partial charge in [0.15, 0.2) is 0 Å². The van der Waals surface area contributed by atoms with Crippen LogP contribution in [0.2, 0.25) is 0 Å². The van der Waals surface area contributed by atoms with Gasteiger partial charge in [-0.05, 0) is 55.0 Å². The molecule has 3 rings (SSSR count). The number of rotatable bonds is 10. The number of carbonyl (C=O) groups is 2. The number of ether oxygens (including phenoxy) is 2. The van der Waals surface area contributed by atoms with E-state index in [0.29, 0.717) is 35.8 Å². The van der Waals surface area contributed by atoms with Gasteiger partial charge in [0.05, 0.1) is 19.4 Å². The number of benzene rings is 3. The zero-order valence-corrected chi connectivity index (χ0v) is 19.7. The number of amides is 2. The summed E-state index contributed by atoms with van der Waals surface area (Å²) < 4.78 is 12.1. The predicted molar refractivity (Wildman–Crippen MR) is 131 cm³/mol. The summed E-state index contributed by atoms with van der Waals surface area (Å²) in [7, 11) is 0. The van der Waals surface area contributed by atoms with E-state index in [1.807, 2.05) is 55.5 Å². The second kappa shape index (κ2) is 12.4. The first kappa shape index (κ1) is 24.0. The van der Waals surface area contributed by atoms with E-state index in [4.69, 9.17) is 9.47 Å². The molecule has 0 atom stereocenters. The van der Waals surface area contributed by atoms with Gasteiger partial charge in [0.1, 0.15) is 18.1 Å². The van der Waals surface area contributed by atoms with Gasteiger partial charge in [0, 0.05) is 15.6 Å². The number of nitrogens with one attached hydrogen (secondary N) is 2. The molecule has 0 saturated heterocycles. The fourth-order valence-electron chi connectivity index (χ4n) is 2.83. The highest BCUT2D eigenvalue weighted by Gasteiger charge is 2.08. The summed E-state index contributed by atoms with van der Waals surface area (Å²) in [5.41, 5.74) is 4.58. The van der Waals surface area contributed by atoms with Gasteiger partial charge in [0.2, 0.25) is 0 Å². The van der Waals surface area contributed by atoms with Crippen LogP contribution in [-0.2, 0) is 11.4 Å². The Morgan fingerprint density at radius 3 is 2.48 bits per heavy atom. The van der Waals surface area contributed by atoms with Crippen molar-refractivity contribution in [2.75, 3.05) is 13.2 Å². The van der Waals surface area contributed by atoms with E-state index in [1.165, 1.54) is 6.21 Å². The Morgan fingerprint density at radius 2 is 1.76 bits per heavy atom. The van der Waals surface area contributed by atoms with Gasteiger partial charge in [-0.2, -0.15) is 5.10 Å². The van der Waals surface area contributed by atoms with Crippen molar-refractivity contribution in [2.24, 2.45) is 5.10 Å². The molecule has 2 amide bonds. The Bertz CT molecular complexity index is 1100. The SMILES string of the molecule is CCOc1ccc(C(=O)NCC(=O)N/N=C\c2cc(Br)ccc2OCc2ccccc2)cc1. The molecule has 0 aliphatic carbocycles. The van der Waals surface area contributed by atoms with Crippen molar-refractivity contribution in [1.29, 1.82) is 0 Å². The number of hydrogen-bond donors (Lipinski definition) is 2. The van der Waals surface area contributed by atoms with Gasteiger partial charge in [-0.3, -0.25) is 9.59 Å². The maximum atomic E-state index is 12.2. The van der Waals surface area contributed by atoms with Crippen LogP contribution >= 0.6 is 15.9 Å². The summed E-state index contributed by atoms with van der Waals surface area (Å²) >= 11 is 3.43. The molecule has 0 heterocycles. The van der Waals surface area contributed by atoms with Crippen molar-refractivity contribution >= 4 is 34.0 Å². The van der Waals surface area contributed by atoms with Crippen LogP contribution in [-0.4, -0.2) is 31.2 Å². The molecule has 0 saturated carbocycles. The van der Waals surface area contributed by atoms with E-state index < -0.39 is 5.91 Å². The minimum absolute atomic E-state index is 0.209. The lowest BCUT2D eigenvalue weighted by Gasteiger charge is -2.10. The Hall–Kier alpha value is -3.65. The van der Waals surface area contributed by atoms with Gasteiger partial charge >= 0.3 is 0 Å². The highest BCUT2D eigenvalue weighted by Crippen LogP contribution is 2.22. The zero-order chi connectivity index (χ0) is 23.5. The molecular formula is C25H24BrN3O4. The number of carbonyl (C=O) groups excluding carboxylic acids is 2. The maximum Gasteiger partial charge on any atom is 0.259 e. The third kappa shape index (κ3) is 7.76. The third-order valence-electron chi connectivity index (χ3n) is 4.44. The van der Waals surface area contributed by atoms with Crippen LogP contribution in [0.3, 0.4) is 0 Å². The zero-order valence-electron chi connectivity index (χ0n) is 18.1. The maximum absolute atomic E-state index is 12.2. The first-order valence-corrected chi connectivity index (χ1v) is 11.1. The fourth-order valence-corrected chi connectivity index (χ4v) is 3.21. The summed E-state index contributed by atoms with van der Waals surface area (Å²) in [6, 6.07) is 22.0. The van der Waals surface area contributed by atoms with E-state index in [2.05, 4.69) is 31.8 Å². The van der Waals surface area contributed by atoms with Crippen molar-refractivity contribution < 1.29 is 19.1 Å². The molecule has 0 aromatic heterocycles. The molecule has 170 valence electrons. The Labute approximate surface area is 200 Å². The van der Waals surface area contributed by atoms with Gasteiger partial charge < -0.3 is 14.8 Å². The molecule has 0 unspecified atom stereocenters. The van der Waals surface area contributed by atoms with Gasteiger partial charge in [-0.15, -0.1) is 0 Å². The van der Waals surface area contributed by atoms with Crippen LogP contribution in [0.1, 0.15) is 28.4 Å². The molecule has 0 bridgehead atoms. The van der Waals surface area contributed by atoms with Crippen LogP contribution in [0.25, 0.3) is 0 Å². The monoisotopic (exact) mass is 509 g/mol. The first-order valence-electron chi connectivity index (χ1n) is 10.3. The summed E-state index contributed by atoms with van der Waals surface area (Å²) in [4.78, 5) is 24.3. The first-order chi connectivity index (χ1) is 16.0. The Kier molecular flexibility index (Phi) is 9.02. The molecular weight excluding hydrogens is 486 g/mol. The number of nitrogens with zero attached hydrogens (tertiary/aromatic N) is 1. The average molecular weight is 510 g/mol. The standard InChI is InChI=1S/C25H24BrN3O4/c1-2-32-22-11-8-19(9-12-22)25(31)27-16-24(30)29-28-15-20-14-21(26)10-13-23(20)33-17-18-6-4-3-5-7-18/h3-15H,2,16-17H2,1H3,(H,27,31)(H,29,30)/b28-15-. The van der Waals surface area contributed by atoms with Crippen molar-refractivity contribution in [3.63, 3.8) is 0 Å². The molecule has 0 aliphatic heterocycles. The normalized spacial score (nSPS) is 10.6. The summed E-state index contributed by atoms with van der Waals surface area (Å²) in [5, 5.41) is 6.55. The summed E-state index contributed by atoms with van der Waals surface area (Å²) in [6.07, 6.45) is 1.50. The van der Waals surface area contributed by atoms with Crippen LogP contribution < -0.4 is 20.2 Å². The van der Waals surface area contributed by atoms with E-state index in [9.17, 15) is 9.59 Å². The molecule has 33 heavy (non-hydrogen) atoms. The van der Waals surface area contributed by atoms with Gasteiger partial charge in [0.25, 0.3) is 11.8 Å². The Morgan fingerprint density at radius 1 is 1.00 bits per heavy atom. The minimum Gasteiger partial charge on any atom is -0.494 e. The topological polar surface area (TPSA) is 89.0 Å². The Balaban J connectivity index is 1.51. The molecule has 8 heteroatoms. The second-order valence-electron chi connectivity index (χ2n) is 6.89. The van der Waals surface area contributed by atoms with Crippen molar-refractivity contribution in [3.05, 3.63) is 94.0 Å². The number of hydrazone groups is 1. The lowest BCUT2D eigenvalue weighted by atomic mass is 10.2. The molecule has 0 radical (unpaired) electrons. The van der Waals surface area contributed by atoms with Crippen LogP contribution in [0.4, 0.5) is 0 Å². The average Bonchev–Trinajstić information content (AvgIpc) is 2.83. The molecule has 0 aliphatic rings. The molecule has 7 nitrogen and oxygen atoms in total. The minimum atomic E-state index is -0.452. The summed E-state index contributed by atoms with van der Waals surface area (Å²) in [6.45, 7) is 2.64. The number of halogens is 1. The van der Waals surface area contributed by atoms with E-state index in [0.717, 1.165) is 10.0 Å². The molecule has 0 spiro atoms. The third-order valence-corrected chi connectivity index (χ3v) is 4.93. The molecule has 2 N–H and O–H groups in total. The molecule has 3 aromatic rings. The van der Waals surface area contributed by atoms with Crippen molar-refractivity contribution in [3.8, 4) is 11.5 Å². The largest absolute Gasteiger partial charge is 0.494 e. The van der Waals surface area contributed by atoms with Crippen LogP contribution in [0, 0.1) is 0 Å². The van der Waals surface area contributed by atoms with Crippen LogP contribution in [0.5, 0.6) is 11.5 Å². The smallest absolute Gasteiger partial charge is 0.259 e. The molecule has 3 aromatic carbocycles. The van der Waals surface area contributed by atoms with E-state index in [-0.39, 0.29) is 12.5 Å². The lowest BCUT2D eigenvalue weighted by Crippen LogP contribution is -2.34. The van der Waals surface area contributed by atoms with Crippen molar-refractivity contribution in [2.45, 2.75) is 13.5 Å². The quantitative estimate of drug-likeness (QED) is 0.314. The lowest BCUT2D eigenvalue weighted by molar-refractivity contribution is -0.120. The van der Waals surface area contributed by atoms with E-state index >= 15 is 0 Å². The fraction of sp³-hybridized carbons (Fsp3) is 0.160.